The Labute approximate surface area is 293 Å². The Morgan fingerprint density at radius 3 is 2.27 bits per heavy atom. The molecular weight excluding hydrogens is 633 g/mol. The molecule has 3 amide bonds. The summed E-state index contributed by atoms with van der Waals surface area (Å²) in [6.07, 6.45) is 5.26. The Morgan fingerprint density at radius 2 is 1.59 bits per heavy atom. The van der Waals surface area contributed by atoms with Gasteiger partial charge in [-0.2, -0.15) is 0 Å². The standard InChI is InChI=1S/C40H52N4O4S/c1-27(2)36(42-37(46)31-18-17-29-15-9-10-16-30(29)24-31)39(48)41-33(23-28-13-7-6-8-14-28)35(45)26-44-20-19-32(49-21-11-12-22-49)25-34(44)38(47)43-40(3,4)5/h6-18,21-22,24,27,32-36,45,49H,19-20,23,25-26H2,1-5H3,(H,41,48)(H,42,46)(H,43,47)/t32?,33?,34-,35?,36-/m0/s1. The SMILES string of the molecule is CC(C)[C@H](NC(=O)c1ccc2ccccc2c1)C(=O)NC(Cc1ccccc1)C(O)CN1CCC([SH]2C=CC=C2)C[C@H]1C(=O)NC(C)(C)C. The van der Waals surface area contributed by atoms with Crippen molar-refractivity contribution in [2.24, 2.45) is 5.92 Å². The van der Waals surface area contributed by atoms with Gasteiger partial charge in [0.2, 0.25) is 11.8 Å². The van der Waals surface area contributed by atoms with Crippen molar-refractivity contribution in [3.8, 4) is 0 Å². The van der Waals surface area contributed by atoms with Crippen LogP contribution in [0.4, 0.5) is 0 Å². The Balaban J connectivity index is 1.33. The number of likely N-dealkylation sites (tertiary alicyclic amines) is 1. The summed E-state index contributed by atoms with van der Waals surface area (Å²) in [5.74, 6) is -0.924. The third kappa shape index (κ3) is 9.84. The van der Waals surface area contributed by atoms with E-state index < -0.39 is 35.1 Å². The fourth-order valence-corrected chi connectivity index (χ4v) is 8.72. The van der Waals surface area contributed by atoms with E-state index in [1.807, 2.05) is 101 Å². The lowest BCUT2D eigenvalue weighted by atomic mass is 9.95. The van der Waals surface area contributed by atoms with Crippen molar-refractivity contribution >= 4 is 39.4 Å². The second-order valence-electron chi connectivity index (χ2n) is 14.7. The van der Waals surface area contributed by atoms with E-state index in [0.717, 1.165) is 22.8 Å². The van der Waals surface area contributed by atoms with Gasteiger partial charge in [0.05, 0.1) is 18.2 Å². The van der Waals surface area contributed by atoms with E-state index in [2.05, 4.69) is 43.8 Å². The van der Waals surface area contributed by atoms with Crippen molar-refractivity contribution < 1.29 is 19.5 Å². The number of allylic oxidation sites excluding steroid dienone is 2. The number of aliphatic hydroxyl groups is 1. The number of amides is 3. The number of rotatable bonds is 12. The summed E-state index contributed by atoms with van der Waals surface area (Å²) in [5.41, 5.74) is 1.06. The number of carbonyl (C=O) groups is 3. The minimum absolute atomic E-state index is 0.0357. The van der Waals surface area contributed by atoms with E-state index in [-0.39, 0.29) is 35.7 Å². The Morgan fingerprint density at radius 1 is 0.918 bits per heavy atom. The van der Waals surface area contributed by atoms with Gasteiger partial charge in [-0.05, 0) is 90.5 Å². The molecule has 3 aromatic rings. The fraction of sp³-hybridized carbons (Fsp3) is 0.425. The van der Waals surface area contributed by atoms with Crippen molar-refractivity contribution in [1.29, 1.82) is 0 Å². The number of hydrogen-bond donors (Lipinski definition) is 5. The molecule has 1 saturated heterocycles. The minimum atomic E-state index is -0.966. The van der Waals surface area contributed by atoms with Gasteiger partial charge in [0.1, 0.15) is 6.04 Å². The zero-order valence-electron chi connectivity index (χ0n) is 29.3. The Hall–Kier alpha value is -3.92. The van der Waals surface area contributed by atoms with Crippen LogP contribution in [0.25, 0.3) is 10.8 Å². The van der Waals surface area contributed by atoms with Crippen LogP contribution in [-0.2, 0) is 16.0 Å². The maximum atomic E-state index is 14.0. The average Bonchev–Trinajstić information content (AvgIpc) is 3.61. The quantitative estimate of drug-likeness (QED) is 0.163. The third-order valence-corrected chi connectivity index (χ3v) is 11.6. The van der Waals surface area contributed by atoms with Crippen LogP contribution < -0.4 is 16.0 Å². The molecule has 4 N–H and O–H groups in total. The van der Waals surface area contributed by atoms with Crippen LogP contribution in [-0.4, -0.2) is 75.8 Å². The first kappa shape index (κ1) is 36.4. The predicted octanol–water partition coefficient (Wildman–Crippen LogP) is 5.47. The van der Waals surface area contributed by atoms with Crippen molar-refractivity contribution in [3.05, 3.63) is 107 Å². The molecule has 0 radical (unpaired) electrons. The van der Waals surface area contributed by atoms with Gasteiger partial charge < -0.3 is 21.1 Å². The molecule has 2 aliphatic heterocycles. The van der Waals surface area contributed by atoms with Gasteiger partial charge in [0, 0.05) is 24.2 Å². The van der Waals surface area contributed by atoms with Gasteiger partial charge in [-0.15, -0.1) is 0 Å². The van der Waals surface area contributed by atoms with Crippen LogP contribution in [0, 0.1) is 5.92 Å². The molecule has 0 aliphatic carbocycles. The second kappa shape index (κ2) is 16.2. The highest BCUT2D eigenvalue weighted by atomic mass is 32.2. The molecule has 49 heavy (non-hydrogen) atoms. The monoisotopic (exact) mass is 684 g/mol. The number of aliphatic hydroxyl groups excluding tert-OH is 1. The number of carbonyl (C=O) groups excluding carboxylic acids is 3. The number of nitrogens with one attached hydrogen (secondary N) is 3. The number of β-amino-alcohol motifs (C(OH)–C–C–N with tert-alkyl or cyclic N) is 1. The largest absolute Gasteiger partial charge is 0.390 e. The van der Waals surface area contributed by atoms with Crippen molar-refractivity contribution in [3.63, 3.8) is 0 Å². The van der Waals surface area contributed by atoms with Gasteiger partial charge in [-0.1, -0.05) is 86.7 Å². The van der Waals surface area contributed by atoms with E-state index >= 15 is 0 Å². The number of nitrogens with zero attached hydrogens (tertiary/aromatic N) is 1. The first-order valence-electron chi connectivity index (χ1n) is 17.4. The molecular formula is C40H52N4O4S. The van der Waals surface area contributed by atoms with E-state index in [4.69, 9.17) is 0 Å². The normalized spacial score (nSPS) is 20.6. The van der Waals surface area contributed by atoms with Crippen LogP contribution in [0.15, 0.2) is 95.8 Å². The number of benzene rings is 3. The molecule has 2 aliphatic rings. The lowest BCUT2D eigenvalue weighted by Crippen LogP contribution is -2.60. The fourth-order valence-electron chi connectivity index (χ4n) is 6.68. The zero-order valence-corrected chi connectivity index (χ0v) is 30.2. The van der Waals surface area contributed by atoms with Crippen LogP contribution in [0.5, 0.6) is 0 Å². The predicted molar refractivity (Wildman–Crippen MR) is 202 cm³/mol. The molecule has 8 nitrogen and oxygen atoms in total. The summed E-state index contributed by atoms with van der Waals surface area (Å²) in [6.45, 7) is 10.6. The van der Waals surface area contributed by atoms with Crippen LogP contribution >= 0.6 is 10.9 Å². The highest BCUT2D eigenvalue weighted by Crippen LogP contribution is 2.44. The van der Waals surface area contributed by atoms with Crippen molar-refractivity contribution in [2.75, 3.05) is 13.1 Å². The third-order valence-electron chi connectivity index (χ3n) is 9.30. The van der Waals surface area contributed by atoms with Gasteiger partial charge >= 0.3 is 0 Å². The molecule has 1 fully saturated rings. The van der Waals surface area contributed by atoms with Gasteiger partial charge in [0.25, 0.3) is 5.91 Å². The summed E-state index contributed by atoms with van der Waals surface area (Å²) >= 11 is 0. The van der Waals surface area contributed by atoms with Crippen LogP contribution in [0.2, 0.25) is 0 Å². The second-order valence-corrected chi connectivity index (χ2v) is 16.9. The molecule has 2 heterocycles. The summed E-state index contributed by atoms with van der Waals surface area (Å²) in [7, 11) is -0.414. The topological polar surface area (TPSA) is 111 Å². The van der Waals surface area contributed by atoms with E-state index in [1.165, 1.54) is 0 Å². The summed E-state index contributed by atoms with van der Waals surface area (Å²) in [5, 5.41) is 28.0. The summed E-state index contributed by atoms with van der Waals surface area (Å²) in [6, 6.07) is 21.2. The van der Waals surface area contributed by atoms with E-state index in [0.29, 0.717) is 30.2 Å². The van der Waals surface area contributed by atoms with Crippen LogP contribution in [0.3, 0.4) is 0 Å². The Bertz CT molecular complexity index is 1660. The zero-order chi connectivity index (χ0) is 35.1. The maximum absolute atomic E-state index is 14.0. The molecule has 5 atom stereocenters. The molecule has 262 valence electrons. The average molecular weight is 685 g/mol. The van der Waals surface area contributed by atoms with E-state index in [1.54, 1.807) is 6.07 Å². The molecule has 5 rings (SSSR count). The van der Waals surface area contributed by atoms with Crippen molar-refractivity contribution in [2.45, 2.75) is 88.9 Å². The number of fused-ring (bicyclic) bond motifs is 1. The Kier molecular flexibility index (Phi) is 12.0. The van der Waals surface area contributed by atoms with Crippen molar-refractivity contribution in [1.82, 2.24) is 20.9 Å². The highest BCUT2D eigenvalue weighted by Gasteiger charge is 2.38. The number of hydrogen-bond acceptors (Lipinski definition) is 5. The molecule has 0 spiro atoms. The molecule has 0 saturated carbocycles. The number of piperidine rings is 1. The molecule has 9 heteroatoms. The summed E-state index contributed by atoms with van der Waals surface area (Å²) < 4.78 is 0. The van der Waals surface area contributed by atoms with E-state index in [9.17, 15) is 19.5 Å². The van der Waals surface area contributed by atoms with Crippen LogP contribution in [0.1, 0.15) is 63.4 Å². The lowest BCUT2D eigenvalue weighted by molar-refractivity contribution is -0.130. The molecule has 0 bridgehead atoms. The first-order valence-corrected chi connectivity index (χ1v) is 18.9. The van der Waals surface area contributed by atoms with Gasteiger partial charge in [0.15, 0.2) is 0 Å². The highest BCUT2D eigenvalue weighted by molar-refractivity contribution is 8.22. The van der Waals surface area contributed by atoms with Gasteiger partial charge in [-0.3, -0.25) is 19.3 Å². The minimum Gasteiger partial charge on any atom is -0.390 e. The number of thiol groups is 1. The maximum Gasteiger partial charge on any atom is 0.251 e. The van der Waals surface area contributed by atoms with Gasteiger partial charge in [-0.25, -0.2) is 10.9 Å². The smallest absolute Gasteiger partial charge is 0.251 e. The summed E-state index contributed by atoms with van der Waals surface area (Å²) in [4.78, 5) is 43.1. The molecule has 0 aromatic heterocycles. The molecule has 3 unspecified atom stereocenters. The molecule has 3 aromatic carbocycles. The first-order chi connectivity index (χ1) is 23.4. The lowest BCUT2D eigenvalue weighted by Gasteiger charge is -2.43.